The number of fused-ring (bicyclic) bond motifs is 1. The van der Waals surface area contributed by atoms with Crippen molar-refractivity contribution >= 4 is 11.1 Å². The normalized spacial score (nSPS) is 11.0. The molecule has 80 valence electrons. The first-order valence-corrected chi connectivity index (χ1v) is 5.43. The lowest BCUT2D eigenvalue weighted by Gasteiger charge is -2.01. The highest BCUT2D eigenvalue weighted by Gasteiger charge is 1.99. The van der Waals surface area contributed by atoms with E-state index in [9.17, 15) is 0 Å². The summed E-state index contributed by atoms with van der Waals surface area (Å²) in [6, 6.07) is 6.20. The van der Waals surface area contributed by atoms with Crippen molar-refractivity contribution in [2.45, 2.75) is 19.8 Å². The Bertz CT molecular complexity index is 422. The number of rotatable bonds is 5. The van der Waals surface area contributed by atoms with Crippen molar-refractivity contribution in [3.05, 3.63) is 30.2 Å². The van der Waals surface area contributed by atoms with Crippen molar-refractivity contribution in [1.82, 2.24) is 10.3 Å². The summed E-state index contributed by atoms with van der Waals surface area (Å²) in [7, 11) is 0. The highest BCUT2D eigenvalue weighted by molar-refractivity contribution is 5.72. The average Bonchev–Trinajstić information content (AvgIpc) is 2.71. The molecule has 2 aromatic rings. The smallest absolute Gasteiger partial charge is 0.181 e. The fraction of sp³-hybridized carbons (Fsp3) is 0.417. The van der Waals surface area contributed by atoms with Crippen LogP contribution >= 0.6 is 0 Å². The molecule has 0 saturated carbocycles. The van der Waals surface area contributed by atoms with E-state index < -0.39 is 0 Å². The van der Waals surface area contributed by atoms with E-state index in [0.29, 0.717) is 0 Å². The van der Waals surface area contributed by atoms with Gasteiger partial charge in [-0.15, -0.1) is 0 Å². The average molecular weight is 204 g/mol. The molecular weight excluding hydrogens is 188 g/mol. The van der Waals surface area contributed by atoms with Crippen molar-refractivity contribution < 1.29 is 4.42 Å². The Labute approximate surface area is 89.5 Å². The lowest BCUT2D eigenvalue weighted by Crippen LogP contribution is -2.14. The third-order valence-electron chi connectivity index (χ3n) is 2.46. The van der Waals surface area contributed by atoms with Crippen molar-refractivity contribution in [3.63, 3.8) is 0 Å². The van der Waals surface area contributed by atoms with Gasteiger partial charge in [0.2, 0.25) is 0 Å². The van der Waals surface area contributed by atoms with Gasteiger partial charge < -0.3 is 9.73 Å². The second kappa shape index (κ2) is 4.94. The lowest BCUT2D eigenvalue weighted by atomic mass is 10.1. The summed E-state index contributed by atoms with van der Waals surface area (Å²) in [6.07, 6.45) is 3.75. The number of aromatic nitrogens is 1. The van der Waals surface area contributed by atoms with Gasteiger partial charge >= 0.3 is 0 Å². The zero-order valence-electron chi connectivity index (χ0n) is 8.99. The molecule has 1 heterocycles. The monoisotopic (exact) mass is 204 g/mol. The van der Waals surface area contributed by atoms with Gasteiger partial charge in [0.05, 0.1) is 0 Å². The molecule has 3 heteroatoms. The number of nitrogens with zero attached hydrogens (tertiary/aromatic N) is 1. The van der Waals surface area contributed by atoms with Crippen molar-refractivity contribution in [2.75, 3.05) is 13.1 Å². The number of hydrogen-bond acceptors (Lipinski definition) is 3. The fourth-order valence-corrected chi connectivity index (χ4v) is 1.65. The largest absolute Gasteiger partial charge is 0.443 e. The third-order valence-corrected chi connectivity index (χ3v) is 2.46. The Morgan fingerprint density at radius 3 is 3.20 bits per heavy atom. The highest BCUT2D eigenvalue weighted by atomic mass is 16.3. The summed E-state index contributed by atoms with van der Waals surface area (Å²) in [4.78, 5) is 4.14. The Balaban J connectivity index is 1.96. The van der Waals surface area contributed by atoms with Gasteiger partial charge in [-0.25, -0.2) is 4.98 Å². The van der Waals surface area contributed by atoms with Crippen LogP contribution in [-0.4, -0.2) is 18.1 Å². The maximum absolute atomic E-state index is 5.19. The Morgan fingerprint density at radius 1 is 1.40 bits per heavy atom. The summed E-state index contributed by atoms with van der Waals surface area (Å²) in [5, 5.41) is 3.32. The predicted molar refractivity (Wildman–Crippen MR) is 60.9 cm³/mol. The van der Waals surface area contributed by atoms with Crippen LogP contribution in [0.2, 0.25) is 0 Å². The number of hydrogen-bond donors (Lipinski definition) is 1. The molecule has 0 bridgehead atoms. The number of nitrogens with one attached hydrogen (secondary N) is 1. The molecule has 2 rings (SSSR count). The lowest BCUT2D eigenvalue weighted by molar-refractivity contribution is 0.602. The fourth-order valence-electron chi connectivity index (χ4n) is 1.65. The molecule has 1 N–H and O–H groups in total. The molecule has 0 unspecified atom stereocenters. The second-order valence-corrected chi connectivity index (χ2v) is 3.61. The Morgan fingerprint density at radius 2 is 2.33 bits per heavy atom. The first-order chi connectivity index (χ1) is 7.40. The van der Waals surface area contributed by atoms with Crippen molar-refractivity contribution in [1.29, 1.82) is 0 Å². The molecule has 0 atom stereocenters. The zero-order chi connectivity index (χ0) is 10.5. The third kappa shape index (κ3) is 2.57. The molecule has 3 nitrogen and oxygen atoms in total. The van der Waals surface area contributed by atoms with E-state index in [1.165, 1.54) is 12.0 Å². The van der Waals surface area contributed by atoms with Gasteiger partial charge in [-0.2, -0.15) is 0 Å². The Kier molecular flexibility index (Phi) is 3.35. The van der Waals surface area contributed by atoms with Gasteiger partial charge in [0.15, 0.2) is 12.0 Å². The molecule has 0 aliphatic heterocycles. The van der Waals surface area contributed by atoms with Crippen LogP contribution in [0.4, 0.5) is 0 Å². The van der Waals surface area contributed by atoms with Crippen LogP contribution in [0.15, 0.2) is 29.0 Å². The first-order valence-electron chi connectivity index (χ1n) is 5.43. The second-order valence-electron chi connectivity index (χ2n) is 3.61. The molecule has 1 aromatic heterocycles. The zero-order valence-corrected chi connectivity index (χ0v) is 8.99. The molecule has 0 radical (unpaired) electrons. The quantitative estimate of drug-likeness (QED) is 0.760. The number of oxazole rings is 1. The minimum Gasteiger partial charge on any atom is -0.443 e. The van der Waals surface area contributed by atoms with E-state index in [1.807, 2.05) is 6.07 Å². The molecule has 0 spiro atoms. The van der Waals surface area contributed by atoms with Crippen LogP contribution in [-0.2, 0) is 6.42 Å². The van der Waals surface area contributed by atoms with Gasteiger partial charge in [0, 0.05) is 0 Å². The van der Waals surface area contributed by atoms with Crippen molar-refractivity contribution in [2.24, 2.45) is 0 Å². The van der Waals surface area contributed by atoms with Crippen LogP contribution in [0.3, 0.4) is 0 Å². The maximum atomic E-state index is 5.19. The minimum atomic E-state index is 0.866. The SMILES string of the molecule is CCNCCCc1ccc2ocnc2c1. The molecular formula is C12H16N2O. The summed E-state index contributed by atoms with van der Waals surface area (Å²) in [5.74, 6) is 0. The summed E-state index contributed by atoms with van der Waals surface area (Å²) in [6.45, 7) is 4.25. The van der Waals surface area contributed by atoms with Crippen LogP contribution < -0.4 is 5.32 Å². The van der Waals surface area contributed by atoms with Crippen LogP contribution in [0.5, 0.6) is 0 Å². The molecule has 0 aliphatic carbocycles. The molecule has 15 heavy (non-hydrogen) atoms. The molecule has 0 amide bonds. The van der Waals surface area contributed by atoms with E-state index in [2.05, 4.69) is 29.4 Å². The van der Waals surface area contributed by atoms with Crippen LogP contribution in [0, 0.1) is 0 Å². The summed E-state index contributed by atoms with van der Waals surface area (Å²) >= 11 is 0. The van der Waals surface area contributed by atoms with Gasteiger partial charge in [-0.1, -0.05) is 13.0 Å². The summed E-state index contributed by atoms with van der Waals surface area (Å²) in [5.41, 5.74) is 3.15. The van der Waals surface area contributed by atoms with E-state index in [-0.39, 0.29) is 0 Å². The summed E-state index contributed by atoms with van der Waals surface area (Å²) < 4.78 is 5.19. The molecule has 0 fully saturated rings. The van der Waals surface area contributed by atoms with E-state index in [4.69, 9.17) is 4.42 Å². The predicted octanol–water partition coefficient (Wildman–Crippen LogP) is 2.37. The van der Waals surface area contributed by atoms with Gasteiger partial charge in [-0.05, 0) is 43.6 Å². The topological polar surface area (TPSA) is 38.1 Å². The van der Waals surface area contributed by atoms with Gasteiger partial charge in [0.1, 0.15) is 5.52 Å². The number of benzene rings is 1. The van der Waals surface area contributed by atoms with Crippen molar-refractivity contribution in [3.8, 4) is 0 Å². The number of aryl methyl sites for hydroxylation is 1. The van der Waals surface area contributed by atoms with E-state index in [0.717, 1.165) is 37.0 Å². The first kappa shape index (κ1) is 10.2. The minimum absolute atomic E-state index is 0.866. The van der Waals surface area contributed by atoms with Crippen LogP contribution in [0.1, 0.15) is 18.9 Å². The van der Waals surface area contributed by atoms with Gasteiger partial charge in [0.25, 0.3) is 0 Å². The highest BCUT2D eigenvalue weighted by Crippen LogP contribution is 2.14. The molecule has 0 saturated heterocycles. The standard InChI is InChI=1S/C12H16N2O/c1-2-13-7-3-4-10-5-6-12-11(8-10)14-9-15-12/h5-6,8-9,13H,2-4,7H2,1H3. The Hall–Kier alpha value is -1.35. The van der Waals surface area contributed by atoms with Crippen LogP contribution in [0.25, 0.3) is 11.1 Å². The molecule has 0 aliphatic rings. The molecule has 1 aromatic carbocycles. The maximum Gasteiger partial charge on any atom is 0.181 e. The van der Waals surface area contributed by atoms with E-state index >= 15 is 0 Å². The van der Waals surface area contributed by atoms with Gasteiger partial charge in [-0.3, -0.25) is 0 Å². The van der Waals surface area contributed by atoms with E-state index in [1.54, 1.807) is 0 Å².